The molecule has 1 aliphatic heterocycles. The highest BCUT2D eigenvalue weighted by molar-refractivity contribution is 5.74. The van der Waals surface area contributed by atoms with Gasteiger partial charge in [-0.2, -0.15) is 0 Å². The van der Waals surface area contributed by atoms with E-state index in [0.717, 1.165) is 12.8 Å². The van der Waals surface area contributed by atoms with Gasteiger partial charge in [0.2, 0.25) is 0 Å². The van der Waals surface area contributed by atoms with Gasteiger partial charge in [0.25, 0.3) is 0 Å². The van der Waals surface area contributed by atoms with Gasteiger partial charge < -0.3 is 20.1 Å². The standard InChI is InChI=1S/C17H23FN2O3/c1-22-15-5-2-11(8-14(15)18)10-19-17(21)20-13-6-7-23-16(9-13)12-3-4-12/h2,5,8,12-13,16H,3-4,6-7,9-10H2,1H3,(H2,19,20,21)/t13-,16+/m1/s1. The summed E-state index contributed by atoms with van der Waals surface area (Å²) in [6.45, 7) is 0.984. The van der Waals surface area contributed by atoms with Gasteiger partial charge in [-0.15, -0.1) is 0 Å². The molecule has 2 atom stereocenters. The molecule has 126 valence electrons. The zero-order chi connectivity index (χ0) is 16.2. The fourth-order valence-corrected chi connectivity index (χ4v) is 2.99. The molecule has 2 N–H and O–H groups in total. The van der Waals surface area contributed by atoms with Gasteiger partial charge in [-0.05, 0) is 49.3 Å². The van der Waals surface area contributed by atoms with E-state index in [0.29, 0.717) is 24.2 Å². The maximum atomic E-state index is 13.6. The zero-order valence-electron chi connectivity index (χ0n) is 13.3. The lowest BCUT2D eigenvalue weighted by Crippen LogP contribution is -2.46. The summed E-state index contributed by atoms with van der Waals surface area (Å²) in [5, 5.41) is 5.76. The second-order valence-corrected chi connectivity index (χ2v) is 6.26. The van der Waals surface area contributed by atoms with Crippen molar-refractivity contribution >= 4 is 6.03 Å². The summed E-state index contributed by atoms with van der Waals surface area (Å²) in [4.78, 5) is 12.0. The largest absolute Gasteiger partial charge is 0.494 e. The fourth-order valence-electron chi connectivity index (χ4n) is 2.99. The number of rotatable bonds is 5. The third kappa shape index (κ3) is 4.34. The summed E-state index contributed by atoms with van der Waals surface area (Å²) in [6.07, 6.45) is 4.51. The van der Waals surface area contributed by atoms with E-state index in [9.17, 15) is 9.18 Å². The highest BCUT2D eigenvalue weighted by atomic mass is 19.1. The van der Waals surface area contributed by atoms with Crippen LogP contribution in [0, 0.1) is 11.7 Å². The number of halogens is 1. The Balaban J connectivity index is 1.44. The molecule has 2 amide bonds. The van der Waals surface area contributed by atoms with Crippen LogP contribution in [0.25, 0.3) is 0 Å². The minimum atomic E-state index is -0.427. The van der Waals surface area contributed by atoms with Crippen LogP contribution in [0.5, 0.6) is 5.75 Å². The molecule has 6 heteroatoms. The summed E-state index contributed by atoms with van der Waals surface area (Å²) in [5.41, 5.74) is 0.696. The minimum Gasteiger partial charge on any atom is -0.494 e. The second kappa shape index (κ2) is 7.17. The van der Waals surface area contributed by atoms with Crippen LogP contribution in [-0.2, 0) is 11.3 Å². The first kappa shape index (κ1) is 16.1. The van der Waals surface area contributed by atoms with E-state index < -0.39 is 5.82 Å². The van der Waals surface area contributed by atoms with Crippen LogP contribution in [0.1, 0.15) is 31.2 Å². The first-order chi connectivity index (χ1) is 11.2. The number of methoxy groups -OCH3 is 1. The van der Waals surface area contributed by atoms with Gasteiger partial charge in [0.1, 0.15) is 0 Å². The van der Waals surface area contributed by atoms with Crippen molar-refractivity contribution in [2.24, 2.45) is 5.92 Å². The molecule has 1 saturated carbocycles. The van der Waals surface area contributed by atoms with Gasteiger partial charge in [-0.3, -0.25) is 0 Å². The molecule has 1 aromatic carbocycles. The summed E-state index contributed by atoms with van der Waals surface area (Å²) in [7, 11) is 1.42. The minimum absolute atomic E-state index is 0.155. The van der Waals surface area contributed by atoms with E-state index in [1.54, 1.807) is 12.1 Å². The lowest BCUT2D eigenvalue weighted by atomic mass is 10.0. The predicted octanol–water partition coefficient (Wildman–Crippen LogP) is 2.59. The topological polar surface area (TPSA) is 59.6 Å². The number of amides is 2. The molecule has 1 saturated heterocycles. The number of carbonyl (C=O) groups is 1. The second-order valence-electron chi connectivity index (χ2n) is 6.26. The van der Waals surface area contributed by atoms with Gasteiger partial charge in [-0.1, -0.05) is 6.07 Å². The normalized spacial score (nSPS) is 24.1. The third-order valence-corrected chi connectivity index (χ3v) is 4.47. The first-order valence-corrected chi connectivity index (χ1v) is 8.14. The molecule has 1 aliphatic carbocycles. The molecule has 0 bridgehead atoms. The average molecular weight is 322 g/mol. The van der Waals surface area contributed by atoms with Crippen molar-refractivity contribution < 1.29 is 18.7 Å². The van der Waals surface area contributed by atoms with E-state index in [2.05, 4.69) is 10.6 Å². The van der Waals surface area contributed by atoms with Crippen LogP contribution >= 0.6 is 0 Å². The molecule has 0 spiro atoms. The molecule has 1 heterocycles. The molecule has 0 aromatic heterocycles. The first-order valence-electron chi connectivity index (χ1n) is 8.14. The van der Waals surface area contributed by atoms with Crippen LogP contribution in [0.3, 0.4) is 0 Å². The number of ether oxygens (including phenoxy) is 2. The van der Waals surface area contributed by atoms with Crippen LogP contribution < -0.4 is 15.4 Å². The van der Waals surface area contributed by atoms with E-state index in [-0.39, 0.29) is 24.4 Å². The average Bonchev–Trinajstić information content (AvgIpc) is 3.38. The van der Waals surface area contributed by atoms with Crippen molar-refractivity contribution in [3.8, 4) is 5.75 Å². The molecular formula is C17H23FN2O3. The molecule has 2 fully saturated rings. The van der Waals surface area contributed by atoms with Crippen molar-refractivity contribution in [3.63, 3.8) is 0 Å². The van der Waals surface area contributed by atoms with E-state index in [1.165, 1.54) is 26.0 Å². The molecular weight excluding hydrogens is 299 g/mol. The maximum Gasteiger partial charge on any atom is 0.315 e. The van der Waals surface area contributed by atoms with Gasteiger partial charge in [-0.25, -0.2) is 9.18 Å². The summed E-state index contributed by atoms with van der Waals surface area (Å²) < 4.78 is 24.2. The summed E-state index contributed by atoms with van der Waals surface area (Å²) in [6, 6.07) is 4.60. The van der Waals surface area contributed by atoms with Crippen molar-refractivity contribution in [1.82, 2.24) is 10.6 Å². The smallest absolute Gasteiger partial charge is 0.315 e. The zero-order valence-corrected chi connectivity index (χ0v) is 13.3. The highest BCUT2D eigenvalue weighted by Crippen LogP contribution is 2.38. The van der Waals surface area contributed by atoms with Crippen molar-refractivity contribution in [2.75, 3.05) is 13.7 Å². The van der Waals surface area contributed by atoms with Crippen molar-refractivity contribution in [1.29, 1.82) is 0 Å². The molecule has 23 heavy (non-hydrogen) atoms. The number of carbonyl (C=O) groups excluding carboxylic acids is 1. The fraction of sp³-hybridized carbons (Fsp3) is 0.588. The van der Waals surface area contributed by atoms with Crippen molar-refractivity contribution in [3.05, 3.63) is 29.6 Å². The molecule has 0 radical (unpaired) electrons. The van der Waals surface area contributed by atoms with Gasteiger partial charge in [0.05, 0.1) is 13.2 Å². The number of benzene rings is 1. The van der Waals surface area contributed by atoms with Gasteiger partial charge >= 0.3 is 6.03 Å². The Morgan fingerprint density at radius 3 is 2.91 bits per heavy atom. The number of hydrogen-bond acceptors (Lipinski definition) is 3. The third-order valence-electron chi connectivity index (χ3n) is 4.47. The van der Waals surface area contributed by atoms with Gasteiger partial charge in [0.15, 0.2) is 11.6 Å². The molecule has 2 aliphatic rings. The molecule has 0 unspecified atom stereocenters. The Kier molecular flexibility index (Phi) is 5.00. The maximum absolute atomic E-state index is 13.6. The van der Waals surface area contributed by atoms with E-state index in [4.69, 9.17) is 9.47 Å². The molecule has 3 rings (SSSR count). The SMILES string of the molecule is COc1ccc(CNC(=O)N[C@@H]2CCO[C@H](C3CC3)C2)cc1F. The molecule has 5 nitrogen and oxygen atoms in total. The Morgan fingerprint density at radius 1 is 1.39 bits per heavy atom. The number of urea groups is 1. The Labute approximate surface area is 135 Å². The quantitative estimate of drug-likeness (QED) is 0.876. The molecule has 1 aromatic rings. The number of nitrogens with one attached hydrogen (secondary N) is 2. The predicted molar refractivity (Wildman–Crippen MR) is 83.8 cm³/mol. The number of hydrogen-bond donors (Lipinski definition) is 2. The lowest BCUT2D eigenvalue weighted by molar-refractivity contribution is -0.00914. The van der Waals surface area contributed by atoms with Crippen LogP contribution in [0.4, 0.5) is 9.18 Å². The van der Waals surface area contributed by atoms with E-state index >= 15 is 0 Å². The Hall–Kier alpha value is -1.82. The van der Waals surface area contributed by atoms with Crippen LogP contribution in [0.2, 0.25) is 0 Å². The van der Waals surface area contributed by atoms with Crippen LogP contribution in [0.15, 0.2) is 18.2 Å². The van der Waals surface area contributed by atoms with Crippen molar-refractivity contribution in [2.45, 2.75) is 44.4 Å². The summed E-state index contributed by atoms with van der Waals surface area (Å²) >= 11 is 0. The van der Waals surface area contributed by atoms with E-state index in [1.807, 2.05) is 0 Å². The Bertz CT molecular complexity index is 563. The van der Waals surface area contributed by atoms with Crippen LogP contribution in [-0.4, -0.2) is 31.9 Å². The highest BCUT2D eigenvalue weighted by Gasteiger charge is 2.36. The lowest BCUT2D eigenvalue weighted by Gasteiger charge is -2.30. The monoisotopic (exact) mass is 322 g/mol. The Morgan fingerprint density at radius 2 is 2.22 bits per heavy atom. The summed E-state index contributed by atoms with van der Waals surface area (Å²) in [5.74, 6) is 0.459. The van der Waals surface area contributed by atoms with Gasteiger partial charge in [0, 0.05) is 19.2 Å².